The third-order valence-corrected chi connectivity index (χ3v) is 4.08. The van der Waals surface area contributed by atoms with Crippen molar-refractivity contribution in [2.45, 2.75) is 25.7 Å². The quantitative estimate of drug-likeness (QED) is 0.795. The third-order valence-electron chi connectivity index (χ3n) is 4.08. The molecule has 2 N–H and O–H groups in total. The number of aromatic nitrogens is 3. The van der Waals surface area contributed by atoms with E-state index in [-0.39, 0.29) is 17.7 Å². The predicted molar refractivity (Wildman–Crippen MR) is 76.3 cm³/mol. The van der Waals surface area contributed by atoms with E-state index in [2.05, 4.69) is 10.4 Å². The van der Waals surface area contributed by atoms with Gasteiger partial charge in [-0.15, -0.1) is 5.10 Å². The largest absolute Gasteiger partial charge is 0.481 e. The number of nitrogens with zero attached hydrogens (tertiary/aromatic N) is 3. The highest BCUT2D eigenvalue weighted by Crippen LogP contribution is 2.30. The van der Waals surface area contributed by atoms with Crippen LogP contribution < -0.4 is 16.6 Å². The molecule has 1 fully saturated rings. The van der Waals surface area contributed by atoms with Gasteiger partial charge in [0, 0.05) is 20.6 Å². The zero-order chi connectivity index (χ0) is 15.6. The van der Waals surface area contributed by atoms with Crippen LogP contribution in [0.15, 0.2) is 9.59 Å². The monoisotopic (exact) mass is 296 g/mol. The van der Waals surface area contributed by atoms with Crippen molar-refractivity contribution in [2.24, 2.45) is 25.9 Å². The Morgan fingerprint density at radius 2 is 2.00 bits per heavy atom. The smallest absolute Gasteiger partial charge is 0.346 e. The van der Waals surface area contributed by atoms with Gasteiger partial charge in [-0.3, -0.25) is 14.2 Å². The third kappa shape index (κ3) is 3.14. The zero-order valence-electron chi connectivity index (χ0n) is 12.2. The molecule has 0 spiro atoms. The second-order valence-corrected chi connectivity index (χ2v) is 5.49. The van der Waals surface area contributed by atoms with Gasteiger partial charge in [-0.1, -0.05) is 12.8 Å². The molecule has 1 saturated carbocycles. The van der Waals surface area contributed by atoms with Crippen LogP contribution in [-0.2, 0) is 18.9 Å². The molecule has 0 bridgehead atoms. The number of hydrogen-bond donors (Lipinski definition) is 2. The fraction of sp³-hybridized carbons (Fsp3) is 0.692. The molecule has 0 amide bonds. The van der Waals surface area contributed by atoms with Crippen LogP contribution in [-0.4, -0.2) is 32.0 Å². The molecule has 2 rings (SSSR count). The average Bonchev–Trinajstić information content (AvgIpc) is 2.47. The number of anilines is 1. The van der Waals surface area contributed by atoms with Crippen molar-refractivity contribution >= 4 is 11.8 Å². The maximum absolute atomic E-state index is 11.9. The molecule has 1 aliphatic rings. The molecule has 2 unspecified atom stereocenters. The minimum absolute atomic E-state index is 0.0278. The Labute approximate surface area is 121 Å². The SMILES string of the molecule is Cn1nc(NCC2CCCCC2C(=O)O)c(=O)n(C)c1=O. The fourth-order valence-corrected chi connectivity index (χ4v) is 2.81. The number of hydrogen-bond acceptors (Lipinski definition) is 5. The molecule has 0 aromatic carbocycles. The predicted octanol–water partition coefficient (Wildman–Crippen LogP) is -0.218. The number of rotatable bonds is 4. The summed E-state index contributed by atoms with van der Waals surface area (Å²) in [5, 5.41) is 16.0. The molecule has 0 aliphatic heterocycles. The van der Waals surface area contributed by atoms with Crippen LogP contribution in [0.5, 0.6) is 0 Å². The lowest BCUT2D eigenvalue weighted by Crippen LogP contribution is -2.41. The van der Waals surface area contributed by atoms with Crippen LogP contribution in [0.25, 0.3) is 0 Å². The van der Waals surface area contributed by atoms with Crippen LogP contribution in [0.1, 0.15) is 25.7 Å². The first-order valence-corrected chi connectivity index (χ1v) is 7.03. The maximum atomic E-state index is 11.9. The van der Waals surface area contributed by atoms with E-state index in [1.165, 1.54) is 14.1 Å². The van der Waals surface area contributed by atoms with E-state index < -0.39 is 17.2 Å². The van der Waals surface area contributed by atoms with Crippen molar-refractivity contribution in [3.8, 4) is 0 Å². The lowest BCUT2D eigenvalue weighted by atomic mass is 9.79. The van der Waals surface area contributed by atoms with Crippen LogP contribution in [0, 0.1) is 11.8 Å². The molecule has 2 atom stereocenters. The van der Waals surface area contributed by atoms with Gasteiger partial charge in [-0.25, -0.2) is 9.48 Å². The summed E-state index contributed by atoms with van der Waals surface area (Å²) in [5.41, 5.74) is -0.993. The summed E-state index contributed by atoms with van der Waals surface area (Å²) in [5.74, 6) is -1.13. The van der Waals surface area contributed by atoms with Crippen molar-refractivity contribution in [2.75, 3.05) is 11.9 Å². The van der Waals surface area contributed by atoms with E-state index in [0.29, 0.717) is 13.0 Å². The standard InChI is InChI=1S/C13H20N4O4/c1-16-11(18)10(15-17(2)13(16)21)14-7-8-5-3-4-6-9(8)12(19)20/h8-9H,3-7H2,1-2H3,(H,14,15)(H,19,20). The van der Waals surface area contributed by atoms with Gasteiger partial charge in [-0.2, -0.15) is 0 Å². The highest BCUT2D eigenvalue weighted by Gasteiger charge is 2.30. The van der Waals surface area contributed by atoms with Gasteiger partial charge >= 0.3 is 11.7 Å². The Kier molecular flexibility index (Phi) is 4.44. The molecule has 1 aromatic rings. The van der Waals surface area contributed by atoms with E-state index in [9.17, 15) is 19.5 Å². The first-order chi connectivity index (χ1) is 9.91. The summed E-state index contributed by atoms with van der Waals surface area (Å²) in [6, 6.07) is 0. The van der Waals surface area contributed by atoms with E-state index in [0.717, 1.165) is 28.5 Å². The summed E-state index contributed by atoms with van der Waals surface area (Å²) >= 11 is 0. The molecule has 1 aromatic heterocycles. The maximum Gasteiger partial charge on any atom is 0.346 e. The first kappa shape index (κ1) is 15.3. The van der Waals surface area contributed by atoms with Crippen LogP contribution in [0.3, 0.4) is 0 Å². The van der Waals surface area contributed by atoms with Crippen molar-refractivity contribution in [3.05, 3.63) is 20.8 Å². The molecule has 1 heterocycles. The van der Waals surface area contributed by atoms with Crippen LogP contribution >= 0.6 is 0 Å². The second-order valence-electron chi connectivity index (χ2n) is 5.49. The van der Waals surface area contributed by atoms with Crippen molar-refractivity contribution in [1.29, 1.82) is 0 Å². The molecule has 1 aliphatic carbocycles. The van der Waals surface area contributed by atoms with E-state index in [1.807, 2.05) is 0 Å². The number of carboxylic acids is 1. The van der Waals surface area contributed by atoms with Gasteiger partial charge in [0.05, 0.1) is 5.92 Å². The normalized spacial score (nSPS) is 22.0. The second kappa shape index (κ2) is 6.11. The molecule has 0 saturated heterocycles. The van der Waals surface area contributed by atoms with Gasteiger partial charge in [0.2, 0.25) is 5.82 Å². The summed E-state index contributed by atoms with van der Waals surface area (Å²) in [6.45, 7) is 0.372. The Balaban J connectivity index is 2.14. The molecule has 116 valence electrons. The van der Waals surface area contributed by atoms with Crippen LogP contribution in [0.4, 0.5) is 5.82 Å². The van der Waals surface area contributed by atoms with Gasteiger partial charge < -0.3 is 10.4 Å². The lowest BCUT2D eigenvalue weighted by molar-refractivity contribution is -0.144. The van der Waals surface area contributed by atoms with Crippen LogP contribution in [0.2, 0.25) is 0 Å². The Hall–Kier alpha value is -2.12. The Morgan fingerprint density at radius 1 is 1.33 bits per heavy atom. The van der Waals surface area contributed by atoms with E-state index in [4.69, 9.17) is 0 Å². The average molecular weight is 296 g/mol. The van der Waals surface area contributed by atoms with Gasteiger partial charge in [0.25, 0.3) is 5.56 Å². The summed E-state index contributed by atoms with van der Waals surface area (Å²) < 4.78 is 2.06. The van der Waals surface area contributed by atoms with Gasteiger partial charge in [0.15, 0.2) is 0 Å². The number of carboxylic acid groups (broad SMARTS) is 1. The van der Waals surface area contributed by atoms with Gasteiger partial charge in [0.1, 0.15) is 0 Å². The molecule has 8 heteroatoms. The topological polar surface area (TPSA) is 106 Å². The minimum Gasteiger partial charge on any atom is -0.481 e. The Morgan fingerprint density at radius 3 is 2.67 bits per heavy atom. The molecule has 21 heavy (non-hydrogen) atoms. The van der Waals surface area contributed by atoms with Crippen molar-refractivity contribution in [3.63, 3.8) is 0 Å². The van der Waals surface area contributed by atoms with Gasteiger partial charge in [-0.05, 0) is 18.8 Å². The highest BCUT2D eigenvalue weighted by molar-refractivity contribution is 5.70. The number of aryl methyl sites for hydroxylation is 1. The highest BCUT2D eigenvalue weighted by atomic mass is 16.4. The van der Waals surface area contributed by atoms with E-state index in [1.54, 1.807) is 0 Å². The zero-order valence-corrected chi connectivity index (χ0v) is 12.2. The number of nitrogens with one attached hydrogen (secondary N) is 1. The number of aliphatic carboxylic acids is 1. The van der Waals surface area contributed by atoms with E-state index >= 15 is 0 Å². The summed E-state index contributed by atoms with van der Waals surface area (Å²) in [6.07, 6.45) is 3.40. The fourth-order valence-electron chi connectivity index (χ4n) is 2.81. The first-order valence-electron chi connectivity index (χ1n) is 7.03. The van der Waals surface area contributed by atoms with Crippen molar-refractivity contribution < 1.29 is 9.90 Å². The molecule has 8 nitrogen and oxygen atoms in total. The molecular weight excluding hydrogens is 276 g/mol. The summed E-state index contributed by atoms with van der Waals surface area (Å²) in [4.78, 5) is 34.7. The molecule has 0 radical (unpaired) electrons. The Bertz CT molecular complexity index is 649. The number of carbonyl (C=O) groups is 1. The minimum atomic E-state index is -0.789. The molecular formula is C13H20N4O4. The van der Waals surface area contributed by atoms with Crippen molar-refractivity contribution in [1.82, 2.24) is 14.3 Å². The summed E-state index contributed by atoms with van der Waals surface area (Å²) in [7, 11) is 2.85. The lowest BCUT2D eigenvalue weighted by Gasteiger charge is -2.28.